The van der Waals surface area contributed by atoms with Crippen molar-refractivity contribution in [1.82, 2.24) is 4.90 Å². The Bertz CT molecular complexity index is 126. The molecule has 0 aliphatic carbocycles. The van der Waals surface area contributed by atoms with Gasteiger partial charge in [0.15, 0.2) is 0 Å². The largest absolute Gasteiger partial charge is 0.480 e. The van der Waals surface area contributed by atoms with Crippen molar-refractivity contribution in [3.05, 3.63) is 0 Å². The molecule has 80 valence electrons. The van der Waals surface area contributed by atoms with Gasteiger partial charge in [-0.2, -0.15) is 0 Å². The van der Waals surface area contributed by atoms with Crippen LogP contribution in [0.5, 0.6) is 0 Å². The Morgan fingerprint density at radius 1 is 1.46 bits per heavy atom. The average Bonchev–Trinajstić information content (AvgIpc) is 1.98. The van der Waals surface area contributed by atoms with Crippen molar-refractivity contribution in [1.29, 1.82) is 0 Å². The molecule has 0 aromatic heterocycles. The first-order chi connectivity index (χ1) is 5.91. The van der Waals surface area contributed by atoms with Crippen LogP contribution < -0.4 is 11.5 Å². The molecule has 0 radical (unpaired) electrons. The number of aliphatic carboxylic acids is 1. The van der Waals surface area contributed by atoms with Gasteiger partial charge in [-0.3, -0.25) is 4.79 Å². The number of carboxylic acid groups (broad SMARTS) is 1. The maximum atomic E-state index is 10.0. The first-order valence-corrected chi connectivity index (χ1v) is 4.21. The van der Waals surface area contributed by atoms with Crippen LogP contribution in [0.25, 0.3) is 0 Å². The van der Waals surface area contributed by atoms with Gasteiger partial charge in [-0.1, -0.05) is 0 Å². The van der Waals surface area contributed by atoms with E-state index in [1.807, 2.05) is 26.0 Å². The third kappa shape index (κ3) is 18.4. The second-order valence-electron chi connectivity index (χ2n) is 3.22. The molecule has 0 rings (SSSR count). The summed E-state index contributed by atoms with van der Waals surface area (Å²) in [5.74, 6) is -0.955. The lowest BCUT2D eigenvalue weighted by Gasteiger charge is -2.02. The first-order valence-electron chi connectivity index (χ1n) is 4.21. The Kier molecular flexibility index (Phi) is 10.8. The van der Waals surface area contributed by atoms with Crippen LogP contribution in [-0.4, -0.2) is 49.7 Å². The highest BCUT2D eigenvalue weighted by Gasteiger charge is 2.08. The Balaban J connectivity index is 0. The molecule has 0 heterocycles. The second-order valence-corrected chi connectivity index (χ2v) is 3.22. The van der Waals surface area contributed by atoms with Gasteiger partial charge in [-0.05, 0) is 40.5 Å². The lowest BCUT2D eigenvalue weighted by Crippen LogP contribution is -2.30. The fraction of sp³-hybridized carbons (Fsp3) is 0.875. The van der Waals surface area contributed by atoms with Crippen molar-refractivity contribution >= 4 is 5.97 Å². The smallest absolute Gasteiger partial charge is 0.320 e. The molecule has 1 unspecified atom stereocenters. The van der Waals surface area contributed by atoms with Crippen LogP contribution in [0.15, 0.2) is 0 Å². The normalized spacial score (nSPS) is 11.8. The Labute approximate surface area is 79.7 Å². The minimum Gasteiger partial charge on any atom is -0.480 e. The summed E-state index contributed by atoms with van der Waals surface area (Å²) in [5.41, 5.74) is 10.3. The summed E-state index contributed by atoms with van der Waals surface area (Å²) in [5, 5.41) is 8.24. The number of nitrogens with two attached hydrogens (primary N) is 2. The Morgan fingerprint density at radius 3 is 2.08 bits per heavy atom. The summed E-state index contributed by atoms with van der Waals surface area (Å²) in [6, 6.07) is -0.742. The number of carboxylic acids is 1. The third-order valence-corrected chi connectivity index (χ3v) is 1.04. The molecule has 5 N–H and O–H groups in total. The van der Waals surface area contributed by atoms with Crippen molar-refractivity contribution < 1.29 is 9.90 Å². The second kappa shape index (κ2) is 9.44. The van der Waals surface area contributed by atoms with Crippen LogP contribution in [0.4, 0.5) is 0 Å². The average molecular weight is 191 g/mol. The SMILES string of the molecule is CN(C)C.NCCCC(N)C(=O)O. The highest BCUT2D eigenvalue weighted by atomic mass is 16.4. The maximum Gasteiger partial charge on any atom is 0.320 e. The van der Waals surface area contributed by atoms with E-state index in [1.54, 1.807) is 0 Å². The first kappa shape index (κ1) is 14.9. The molecule has 0 aromatic rings. The van der Waals surface area contributed by atoms with Crippen molar-refractivity contribution in [2.24, 2.45) is 11.5 Å². The summed E-state index contributed by atoms with van der Waals surface area (Å²) in [7, 11) is 6.00. The fourth-order valence-electron chi connectivity index (χ4n) is 0.461. The number of hydrogen-bond acceptors (Lipinski definition) is 4. The molecule has 0 saturated carbocycles. The Morgan fingerprint density at radius 2 is 1.85 bits per heavy atom. The molecule has 0 saturated heterocycles. The molecule has 13 heavy (non-hydrogen) atoms. The molecule has 0 aliphatic heterocycles. The molecular formula is C8H21N3O2. The van der Waals surface area contributed by atoms with Gasteiger partial charge in [0.05, 0.1) is 0 Å². The van der Waals surface area contributed by atoms with Gasteiger partial charge < -0.3 is 21.5 Å². The molecule has 0 fully saturated rings. The van der Waals surface area contributed by atoms with Gasteiger partial charge in [-0.15, -0.1) is 0 Å². The predicted octanol–water partition coefficient (Wildman–Crippen LogP) is -0.685. The van der Waals surface area contributed by atoms with E-state index in [4.69, 9.17) is 16.6 Å². The van der Waals surface area contributed by atoms with Gasteiger partial charge >= 0.3 is 5.97 Å². The molecule has 0 spiro atoms. The van der Waals surface area contributed by atoms with Crippen LogP contribution in [0.1, 0.15) is 12.8 Å². The van der Waals surface area contributed by atoms with E-state index >= 15 is 0 Å². The third-order valence-electron chi connectivity index (χ3n) is 1.04. The number of carbonyl (C=O) groups is 1. The maximum absolute atomic E-state index is 10.0. The van der Waals surface area contributed by atoms with Crippen molar-refractivity contribution in [2.45, 2.75) is 18.9 Å². The van der Waals surface area contributed by atoms with E-state index in [1.165, 1.54) is 0 Å². The lowest BCUT2D eigenvalue weighted by atomic mass is 10.2. The van der Waals surface area contributed by atoms with E-state index in [0.29, 0.717) is 19.4 Å². The van der Waals surface area contributed by atoms with Crippen LogP contribution in [0, 0.1) is 0 Å². The van der Waals surface area contributed by atoms with Crippen LogP contribution >= 0.6 is 0 Å². The summed E-state index contributed by atoms with van der Waals surface area (Å²) >= 11 is 0. The number of rotatable bonds is 4. The Hall–Kier alpha value is -0.650. The molecule has 0 aliphatic rings. The van der Waals surface area contributed by atoms with Gasteiger partial charge in [0, 0.05) is 0 Å². The topological polar surface area (TPSA) is 92.6 Å². The van der Waals surface area contributed by atoms with Gasteiger partial charge in [0.2, 0.25) is 0 Å². The van der Waals surface area contributed by atoms with E-state index in [9.17, 15) is 4.79 Å². The van der Waals surface area contributed by atoms with Crippen molar-refractivity contribution in [3.63, 3.8) is 0 Å². The quantitative estimate of drug-likeness (QED) is 0.547. The summed E-state index contributed by atoms with van der Waals surface area (Å²) in [6.45, 7) is 0.501. The van der Waals surface area contributed by atoms with E-state index < -0.39 is 12.0 Å². The molecule has 0 bridgehead atoms. The summed E-state index contributed by atoms with van der Waals surface area (Å²) < 4.78 is 0. The molecule has 0 amide bonds. The van der Waals surface area contributed by atoms with Gasteiger partial charge in [-0.25, -0.2) is 0 Å². The minimum absolute atomic E-state index is 0.464. The monoisotopic (exact) mass is 191 g/mol. The van der Waals surface area contributed by atoms with E-state index in [-0.39, 0.29) is 0 Å². The molecule has 0 aromatic carbocycles. The van der Waals surface area contributed by atoms with Crippen molar-refractivity contribution in [3.8, 4) is 0 Å². The van der Waals surface area contributed by atoms with E-state index in [0.717, 1.165) is 0 Å². The zero-order valence-electron chi connectivity index (χ0n) is 8.66. The van der Waals surface area contributed by atoms with E-state index in [2.05, 4.69) is 0 Å². The predicted molar refractivity (Wildman–Crippen MR) is 53.5 cm³/mol. The minimum atomic E-state index is -0.955. The van der Waals surface area contributed by atoms with Gasteiger partial charge in [0.1, 0.15) is 6.04 Å². The lowest BCUT2D eigenvalue weighted by molar-refractivity contribution is -0.138. The number of nitrogens with zero attached hydrogens (tertiary/aromatic N) is 1. The fourth-order valence-corrected chi connectivity index (χ4v) is 0.461. The summed E-state index contributed by atoms with van der Waals surface area (Å²) in [6.07, 6.45) is 1.14. The van der Waals surface area contributed by atoms with Crippen molar-refractivity contribution in [2.75, 3.05) is 27.7 Å². The zero-order chi connectivity index (χ0) is 10.9. The van der Waals surface area contributed by atoms with Crippen LogP contribution in [0.2, 0.25) is 0 Å². The van der Waals surface area contributed by atoms with Crippen LogP contribution in [0.3, 0.4) is 0 Å². The molecule has 5 heteroatoms. The highest BCUT2D eigenvalue weighted by Crippen LogP contribution is 1.91. The van der Waals surface area contributed by atoms with Gasteiger partial charge in [0.25, 0.3) is 0 Å². The highest BCUT2D eigenvalue weighted by molar-refractivity contribution is 5.72. The number of hydrogen-bond donors (Lipinski definition) is 3. The van der Waals surface area contributed by atoms with Crippen LogP contribution in [-0.2, 0) is 4.79 Å². The molecule has 5 nitrogen and oxygen atoms in total. The summed E-state index contributed by atoms with van der Waals surface area (Å²) in [4.78, 5) is 12.0. The molecular weight excluding hydrogens is 170 g/mol. The zero-order valence-corrected chi connectivity index (χ0v) is 8.66. The molecule has 1 atom stereocenters. The standard InChI is InChI=1S/C5H12N2O2.C3H9N/c6-3-1-2-4(7)5(8)9;1-4(2)3/h4H,1-3,6-7H2,(H,8,9);1-3H3.